The third-order valence-corrected chi connectivity index (χ3v) is 6.08. The molecular weight excluding hydrogens is 408 g/mol. The van der Waals surface area contributed by atoms with Gasteiger partial charge >= 0.3 is 6.09 Å². The van der Waals surface area contributed by atoms with Gasteiger partial charge in [0.25, 0.3) is 5.91 Å². The van der Waals surface area contributed by atoms with Crippen molar-refractivity contribution in [2.45, 2.75) is 71.9 Å². The predicted molar refractivity (Wildman–Crippen MR) is 119 cm³/mol. The zero-order valence-corrected chi connectivity index (χ0v) is 19.3. The average Bonchev–Trinajstić information content (AvgIpc) is 3.11. The predicted octanol–water partition coefficient (Wildman–Crippen LogP) is 2.75. The highest BCUT2D eigenvalue weighted by Gasteiger charge is 2.32. The van der Waals surface area contributed by atoms with E-state index < -0.39 is 11.5 Å². The van der Waals surface area contributed by atoms with Gasteiger partial charge in [0.1, 0.15) is 11.4 Å². The summed E-state index contributed by atoms with van der Waals surface area (Å²) in [5.74, 6) is 0.597. The van der Waals surface area contributed by atoms with Crippen LogP contribution in [0.1, 0.15) is 68.0 Å². The monoisotopic (exact) mass is 440 g/mol. The van der Waals surface area contributed by atoms with E-state index >= 15 is 0 Å². The maximum atomic E-state index is 12.4. The highest BCUT2D eigenvalue weighted by molar-refractivity contribution is 5.94. The number of hydrogen-bond acceptors (Lipinski definition) is 6. The fourth-order valence-electron chi connectivity index (χ4n) is 4.46. The van der Waals surface area contributed by atoms with Gasteiger partial charge in [0.15, 0.2) is 5.69 Å². The van der Waals surface area contributed by atoms with Gasteiger partial charge in [-0.25, -0.2) is 14.8 Å². The lowest BCUT2D eigenvalue weighted by molar-refractivity contribution is 0.0177. The molecule has 32 heavy (non-hydrogen) atoms. The van der Waals surface area contributed by atoms with E-state index in [1.54, 1.807) is 4.90 Å². The van der Waals surface area contributed by atoms with Gasteiger partial charge in [-0.15, -0.1) is 0 Å². The number of aryl methyl sites for hydroxylation is 2. The molecule has 1 aliphatic heterocycles. The van der Waals surface area contributed by atoms with Gasteiger partial charge in [0, 0.05) is 37.8 Å². The van der Waals surface area contributed by atoms with Crippen molar-refractivity contribution in [3.63, 3.8) is 0 Å². The van der Waals surface area contributed by atoms with Crippen molar-refractivity contribution in [3.05, 3.63) is 28.8 Å². The number of ether oxygens (including phenoxy) is 1. The number of hydrogen-bond donors (Lipinski definition) is 1. The van der Waals surface area contributed by atoms with Crippen LogP contribution in [0.5, 0.6) is 0 Å². The standard InChI is InChI=1S/C23H32N6O3/c1-5-17-25-12-15-6-7-16-19(21(24)30)27-29(20(16)18(15)26-17)13-14-8-10-28(11-9-14)22(31)32-23(2,3)4/h12,14H,5-11,13H2,1-4H3,(H2,24,30). The Morgan fingerprint density at radius 3 is 2.56 bits per heavy atom. The van der Waals surface area contributed by atoms with E-state index in [1.807, 2.05) is 38.6 Å². The van der Waals surface area contributed by atoms with E-state index in [0.717, 1.165) is 54.0 Å². The topological polar surface area (TPSA) is 116 Å². The van der Waals surface area contributed by atoms with Crippen molar-refractivity contribution in [2.75, 3.05) is 13.1 Å². The number of carbonyl (C=O) groups excluding carboxylic acids is 2. The quantitative estimate of drug-likeness (QED) is 0.781. The summed E-state index contributed by atoms with van der Waals surface area (Å²) in [6.07, 6.45) is 5.53. The van der Waals surface area contributed by atoms with Crippen molar-refractivity contribution in [1.82, 2.24) is 24.6 Å². The summed E-state index contributed by atoms with van der Waals surface area (Å²) < 4.78 is 7.41. The molecule has 0 aromatic carbocycles. The molecule has 0 bridgehead atoms. The Labute approximate surface area is 188 Å². The van der Waals surface area contributed by atoms with Gasteiger partial charge in [-0.05, 0) is 57.9 Å². The van der Waals surface area contributed by atoms with Crippen LogP contribution in [-0.4, -0.2) is 55.3 Å². The summed E-state index contributed by atoms with van der Waals surface area (Å²) in [5, 5.41) is 4.62. The molecule has 2 aromatic heterocycles. The number of nitrogens with two attached hydrogens (primary N) is 1. The number of likely N-dealkylation sites (tertiary alicyclic amines) is 1. The normalized spacial score (nSPS) is 16.4. The Kier molecular flexibility index (Phi) is 5.92. The van der Waals surface area contributed by atoms with E-state index in [4.69, 9.17) is 15.5 Å². The van der Waals surface area contributed by atoms with E-state index in [9.17, 15) is 9.59 Å². The van der Waals surface area contributed by atoms with Gasteiger partial charge in [-0.1, -0.05) is 6.92 Å². The maximum absolute atomic E-state index is 12.4. The third-order valence-electron chi connectivity index (χ3n) is 6.08. The van der Waals surface area contributed by atoms with Crippen LogP contribution in [0, 0.1) is 5.92 Å². The molecule has 4 rings (SSSR count). The number of aromatic nitrogens is 4. The Morgan fingerprint density at radius 2 is 1.94 bits per heavy atom. The Morgan fingerprint density at radius 1 is 1.22 bits per heavy atom. The molecule has 9 heteroatoms. The van der Waals surface area contributed by atoms with Crippen LogP contribution in [0.2, 0.25) is 0 Å². The van der Waals surface area contributed by atoms with E-state index in [2.05, 4.69) is 10.1 Å². The smallest absolute Gasteiger partial charge is 0.410 e. The van der Waals surface area contributed by atoms with Crippen molar-refractivity contribution in [3.8, 4) is 11.4 Å². The summed E-state index contributed by atoms with van der Waals surface area (Å²) in [6.45, 7) is 9.59. The van der Waals surface area contributed by atoms with Crippen LogP contribution < -0.4 is 5.73 Å². The Bertz CT molecular complexity index is 1030. The number of piperidine rings is 1. The van der Waals surface area contributed by atoms with Crippen LogP contribution in [-0.2, 0) is 30.5 Å². The van der Waals surface area contributed by atoms with Gasteiger partial charge in [0.2, 0.25) is 0 Å². The molecule has 1 saturated heterocycles. The minimum atomic E-state index is -0.507. The zero-order chi connectivity index (χ0) is 23.0. The molecule has 1 fully saturated rings. The van der Waals surface area contributed by atoms with Crippen LogP contribution in [0.4, 0.5) is 4.79 Å². The second kappa shape index (κ2) is 8.52. The second-order valence-corrected chi connectivity index (χ2v) is 9.65. The van der Waals surface area contributed by atoms with Gasteiger partial charge in [-0.2, -0.15) is 5.10 Å². The Hall–Kier alpha value is -2.97. The minimum absolute atomic E-state index is 0.263. The number of nitrogens with zero attached hydrogens (tertiary/aromatic N) is 5. The highest BCUT2D eigenvalue weighted by Crippen LogP contribution is 2.35. The van der Waals surface area contributed by atoms with Crippen molar-refractivity contribution >= 4 is 12.0 Å². The molecule has 0 saturated carbocycles. The van der Waals surface area contributed by atoms with Gasteiger partial charge in [0.05, 0.1) is 11.4 Å². The van der Waals surface area contributed by atoms with Crippen molar-refractivity contribution in [1.29, 1.82) is 0 Å². The summed E-state index contributed by atoms with van der Waals surface area (Å²) in [6, 6.07) is 0. The van der Waals surface area contributed by atoms with Gasteiger partial charge in [-0.3, -0.25) is 9.48 Å². The van der Waals surface area contributed by atoms with E-state index in [1.165, 1.54) is 0 Å². The summed E-state index contributed by atoms with van der Waals surface area (Å²) >= 11 is 0. The first-order valence-corrected chi connectivity index (χ1v) is 11.4. The number of amides is 2. The SMILES string of the molecule is CCc1ncc2c(n1)-c1c(c(C(N)=O)nn1CC1CCN(C(=O)OC(C)(C)C)CC1)CC2. The molecule has 0 atom stereocenters. The molecule has 2 aliphatic rings. The minimum Gasteiger partial charge on any atom is -0.444 e. The van der Waals surface area contributed by atoms with Crippen molar-refractivity contribution in [2.24, 2.45) is 11.7 Å². The number of primary amides is 1. The molecule has 2 amide bonds. The van der Waals surface area contributed by atoms with E-state index in [0.29, 0.717) is 37.7 Å². The number of fused-ring (bicyclic) bond motifs is 3. The first kappa shape index (κ1) is 22.2. The Balaban J connectivity index is 1.56. The first-order chi connectivity index (χ1) is 15.2. The molecule has 172 valence electrons. The van der Waals surface area contributed by atoms with Crippen LogP contribution in [0.25, 0.3) is 11.4 Å². The fourth-order valence-corrected chi connectivity index (χ4v) is 4.46. The van der Waals surface area contributed by atoms with Crippen LogP contribution in [0.3, 0.4) is 0 Å². The lowest BCUT2D eigenvalue weighted by Gasteiger charge is -2.33. The molecule has 2 N–H and O–H groups in total. The van der Waals surface area contributed by atoms with Crippen LogP contribution >= 0.6 is 0 Å². The molecule has 0 spiro atoms. The molecule has 0 radical (unpaired) electrons. The van der Waals surface area contributed by atoms with Crippen LogP contribution in [0.15, 0.2) is 6.20 Å². The van der Waals surface area contributed by atoms with Crippen molar-refractivity contribution < 1.29 is 14.3 Å². The highest BCUT2D eigenvalue weighted by atomic mass is 16.6. The van der Waals surface area contributed by atoms with Gasteiger partial charge < -0.3 is 15.4 Å². The summed E-state index contributed by atoms with van der Waals surface area (Å²) in [7, 11) is 0. The third kappa shape index (κ3) is 4.47. The lowest BCUT2D eigenvalue weighted by atomic mass is 9.92. The summed E-state index contributed by atoms with van der Waals surface area (Å²) in [4.78, 5) is 35.5. The summed E-state index contributed by atoms with van der Waals surface area (Å²) in [5.41, 5.74) is 9.22. The average molecular weight is 441 g/mol. The molecule has 9 nitrogen and oxygen atoms in total. The lowest BCUT2D eigenvalue weighted by Crippen LogP contribution is -2.42. The second-order valence-electron chi connectivity index (χ2n) is 9.65. The fraction of sp³-hybridized carbons (Fsp3) is 0.609. The zero-order valence-electron chi connectivity index (χ0n) is 19.3. The molecule has 0 unspecified atom stereocenters. The maximum Gasteiger partial charge on any atom is 0.410 e. The number of carbonyl (C=O) groups is 2. The first-order valence-electron chi connectivity index (χ1n) is 11.4. The molecule has 1 aliphatic carbocycles. The molecule has 2 aromatic rings. The number of rotatable bonds is 4. The molecule has 3 heterocycles. The molecular formula is C23H32N6O3. The van der Waals surface area contributed by atoms with E-state index in [-0.39, 0.29) is 6.09 Å². The largest absolute Gasteiger partial charge is 0.444 e.